The zero-order valence-corrected chi connectivity index (χ0v) is 16.7. The Hall–Kier alpha value is -2.82. The van der Waals surface area contributed by atoms with E-state index < -0.39 is 0 Å². The molecule has 0 aromatic heterocycles. The SMILES string of the molecule is Cc1ccc(NC(=O)N2CCC(CC(=O)N[C@@H](C)c3ccccc3)CC2)cc1. The molecule has 2 N–H and O–H groups in total. The number of likely N-dealkylation sites (tertiary alicyclic amines) is 1. The molecular formula is C23H29N3O2. The Bertz CT molecular complexity index is 781. The van der Waals surface area contributed by atoms with Crippen molar-refractivity contribution in [2.75, 3.05) is 18.4 Å². The minimum atomic E-state index is -0.0653. The van der Waals surface area contributed by atoms with Crippen molar-refractivity contribution in [2.24, 2.45) is 5.92 Å². The van der Waals surface area contributed by atoms with Crippen LogP contribution in [0.4, 0.5) is 10.5 Å². The number of aryl methyl sites for hydroxylation is 1. The van der Waals surface area contributed by atoms with Gasteiger partial charge in [-0.1, -0.05) is 48.0 Å². The summed E-state index contributed by atoms with van der Waals surface area (Å²) in [6.45, 7) is 5.39. The smallest absolute Gasteiger partial charge is 0.321 e. The summed E-state index contributed by atoms with van der Waals surface area (Å²) >= 11 is 0. The maximum absolute atomic E-state index is 12.4. The lowest BCUT2D eigenvalue weighted by Crippen LogP contribution is -2.42. The molecule has 3 amide bonds. The normalized spacial score (nSPS) is 15.7. The highest BCUT2D eigenvalue weighted by Gasteiger charge is 2.25. The summed E-state index contributed by atoms with van der Waals surface area (Å²) in [5.74, 6) is 0.408. The summed E-state index contributed by atoms with van der Waals surface area (Å²) < 4.78 is 0. The highest BCUT2D eigenvalue weighted by atomic mass is 16.2. The van der Waals surface area contributed by atoms with Gasteiger partial charge in [-0.25, -0.2) is 4.79 Å². The molecule has 1 atom stereocenters. The van der Waals surface area contributed by atoms with Crippen LogP contribution in [0.3, 0.4) is 0 Å². The second kappa shape index (κ2) is 9.40. The number of hydrogen-bond acceptors (Lipinski definition) is 2. The molecule has 0 unspecified atom stereocenters. The van der Waals surface area contributed by atoms with E-state index in [2.05, 4.69) is 10.6 Å². The number of anilines is 1. The lowest BCUT2D eigenvalue weighted by atomic mass is 9.93. The molecule has 1 aliphatic rings. The molecule has 5 nitrogen and oxygen atoms in total. The van der Waals surface area contributed by atoms with E-state index >= 15 is 0 Å². The van der Waals surface area contributed by atoms with E-state index in [-0.39, 0.29) is 18.0 Å². The van der Waals surface area contributed by atoms with Crippen LogP contribution in [0.15, 0.2) is 54.6 Å². The highest BCUT2D eigenvalue weighted by molar-refractivity contribution is 5.89. The predicted octanol–water partition coefficient (Wildman–Crippen LogP) is 4.51. The highest BCUT2D eigenvalue weighted by Crippen LogP contribution is 2.22. The fourth-order valence-electron chi connectivity index (χ4n) is 3.57. The third-order valence-corrected chi connectivity index (χ3v) is 5.36. The molecule has 2 aromatic rings. The number of amides is 3. The van der Waals surface area contributed by atoms with Gasteiger partial charge in [0.05, 0.1) is 6.04 Å². The van der Waals surface area contributed by atoms with Gasteiger partial charge in [0.2, 0.25) is 5.91 Å². The summed E-state index contributed by atoms with van der Waals surface area (Å²) in [6.07, 6.45) is 2.23. The van der Waals surface area contributed by atoms with E-state index in [1.807, 2.05) is 73.3 Å². The molecule has 1 fully saturated rings. The number of carbonyl (C=O) groups excluding carboxylic acids is 2. The van der Waals surface area contributed by atoms with E-state index in [4.69, 9.17) is 0 Å². The number of nitrogens with zero attached hydrogens (tertiary/aromatic N) is 1. The Balaban J connectivity index is 1.41. The molecule has 148 valence electrons. The third-order valence-electron chi connectivity index (χ3n) is 5.36. The maximum atomic E-state index is 12.4. The number of hydrogen-bond donors (Lipinski definition) is 2. The van der Waals surface area contributed by atoms with E-state index in [0.717, 1.165) is 24.1 Å². The number of benzene rings is 2. The number of nitrogens with one attached hydrogen (secondary N) is 2. The van der Waals surface area contributed by atoms with Crippen LogP contribution in [0.5, 0.6) is 0 Å². The van der Waals surface area contributed by atoms with Crippen molar-refractivity contribution < 1.29 is 9.59 Å². The maximum Gasteiger partial charge on any atom is 0.321 e. The molecule has 1 heterocycles. The van der Waals surface area contributed by atoms with Crippen LogP contribution in [-0.2, 0) is 4.79 Å². The van der Waals surface area contributed by atoms with Crippen molar-refractivity contribution in [3.05, 3.63) is 65.7 Å². The minimum Gasteiger partial charge on any atom is -0.350 e. The van der Waals surface area contributed by atoms with Gasteiger partial charge in [-0.15, -0.1) is 0 Å². The molecule has 5 heteroatoms. The summed E-state index contributed by atoms with van der Waals surface area (Å²) in [4.78, 5) is 26.6. The first-order valence-electron chi connectivity index (χ1n) is 9.98. The Morgan fingerprint density at radius 1 is 1.04 bits per heavy atom. The number of carbonyl (C=O) groups is 2. The molecule has 1 aliphatic heterocycles. The molecule has 28 heavy (non-hydrogen) atoms. The first kappa shape index (κ1) is 19.9. The summed E-state index contributed by atoms with van der Waals surface area (Å²) in [7, 11) is 0. The largest absolute Gasteiger partial charge is 0.350 e. The quantitative estimate of drug-likeness (QED) is 0.803. The molecule has 0 saturated carbocycles. The molecule has 3 rings (SSSR count). The second-order valence-electron chi connectivity index (χ2n) is 7.63. The minimum absolute atomic E-state index is 0.00840. The average Bonchev–Trinajstić information content (AvgIpc) is 2.71. The molecule has 0 spiro atoms. The van der Waals surface area contributed by atoms with Crippen LogP contribution >= 0.6 is 0 Å². The number of rotatable bonds is 5. The summed E-state index contributed by atoms with van der Waals surface area (Å²) in [5, 5.41) is 6.03. The van der Waals surface area contributed by atoms with E-state index in [9.17, 15) is 9.59 Å². The van der Waals surface area contributed by atoms with Crippen LogP contribution in [0.2, 0.25) is 0 Å². The van der Waals surface area contributed by atoms with E-state index in [1.165, 1.54) is 5.56 Å². The fraction of sp³-hybridized carbons (Fsp3) is 0.391. The molecule has 2 aromatic carbocycles. The molecule has 0 radical (unpaired) electrons. The van der Waals surface area contributed by atoms with Gasteiger partial charge in [-0.05, 0) is 50.3 Å². The van der Waals surface area contributed by atoms with Gasteiger partial charge in [0.1, 0.15) is 0 Å². The van der Waals surface area contributed by atoms with Gasteiger partial charge in [-0.3, -0.25) is 4.79 Å². The predicted molar refractivity (Wildman–Crippen MR) is 112 cm³/mol. The topological polar surface area (TPSA) is 61.4 Å². The first-order valence-corrected chi connectivity index (χ1v) is 9.98. The molecule has 0 aliphatic carbocycles. The Morgan fingerprint density at radius 3 is 2.32 bits per heavy atom. The fourth-order valence-corrected chi connectivity index (χ4v) is 3.57. The summed E-state index contributed by atoms with van der Waals surface area (Å²) in [6, 6.07) is 17.7. The van der Waals surface area contributed by atoms with Crippen molar-refractivity contribution in [3.63, 3.8) is 0 Å². The van der Waals surface area contributed by atoms with Crippen LogP contribution in [0.25, 0.3) is 0 Å². The number of piperidine rings is 1. The molecule has 0 bridgehead atoms. The van der Waals surface area contributed by atoms with Gasteiger partial charge in [0.25, 0.3) is 0 Å². The lowest BCUT2D eigenvalue weighted by Gasteiger charge is -2.32. The molecular weight excluding hydrogens is 350 g/mol. The first-order chi connectivity index (χ1) is 13.5. The second-order valence-corrected chi connectivity index (χ2v) is 7.63. The Kier molecular flexibility index (Phi) is 6.69. The van der Waals surface area contributed by atoms with Crippen molar-refractivity contribution in [3.8, 4) is 0 Å². The Morgan fingerprint density at radius 2 is 1.68 bits per heavy atom. The third kappa shape index (κ3) is 5.59. The van der Waals surface area contributed by atoms with Crippen molar-refractivity contribution in [1.82, 2.24) is 10.2 Å². The van der Waals surface area contributed by atoms with Crippen LogP contribution in [0.1, 0.15) is 43.4 Å². The van der Waals surface area contributed by atoms with Crippen LogP contribution in [0, 0.1) is 12.8 Å². The Labute approximate surface area is 167 Å². The van der Waals surface area contributed by atoms with E-state index in [0.29, 0.717) is 25.4 Å². The van der Waals surface area contributed by atoms with Gasteiger partial charge in [0.15, 0.2) is 0 Å². The molecule has 1 saturated heterocycles. The average molecular weight is 380 g/mol. The van der Waals surface area contributed by atoms with Gasteiger partial charge in [0, 0.05) is 25.2 Å². The van der Waals surface area contributed by atoms with Gasteiger partial charge >= 0.3 is 6.03 Å². The van der Waals surface area contributed by atoms with Crippen molar-refractivity contribution in [2.45, 2.75) is 39.2 Å². The summed E-state index contributed by atoms with van der Waals surface area (Å²) in [5.41, 5.74) is 3.09. The zero-order chi connectivity index (χ0) is 19.9. The van der Waals surface area contributed by atoms with Gasteiger partial charge < -0.3 is 15.5 Å². The van der Waals surface area contributed by atoms with E-state index in [1.54, 1.807) is 0 Å². The zero-order valence-electron chi connectivity index (χ0n) is 16.7. The van der Waals surface area contributed by atoms with Crippen molar-refractivity contribution in [1.29, 1.82) is 0 Å². The van der Waals surface area contributed by atoms with Crippen molar-refractivity contribution >= 4 is 17.6 Å². The van der Waals surface area contributed by atoms with Gasteiger partial charge in [-0.2, -0.15) is 0 Å². The monoisotopic (exact) mass is 379 g/mol. The lowest BCUT2D eigenvalue weighted by molar-refractivity contribution is -0.122. The number of urea groups is 1. The van der Waals surface area contributed by atoms with Crippen LogP contribution < -0.4 is 10.6 Å². The standard InChI is InChI=1S/C23H29N3O2/c1-17-8-10-21(11-9-17)25-23(28)26-14-12-19(13-15-26)16-22(27)24-18(2)20-6-4-3-5-7-20/h3-11,18-19H,12-16H2,1-2H3,(H,24,27)(H,25,28)/t18-/m0/s1. The van der Waals surface area contributed by atoms with Crippen LogP contribution in [-0.4, -0.2) is 29.9 Å².